The summed E-state index contributed by atoms with van der Waals surface area (Å²) in [6, 6.07) is 0. The van der Waals surface area contributed by atoms with Crippen molar-refractivity contribution in [3.8, 4) is 0 Å². The van der Waals surface area contributed by atoms with E-state index in [1.807, 2.05) is 0 Å². The molecule has 0 fully saturated rings. The molecule has 0 aromatic heterocycles. The van der Waals surface area contributed by atoms with Crippen molar-refractivity contribution in [1.29, 1.82) is 0 Å². The van der Waals surface area contributed by atoms with E-state index in [0.29, 0.717) is 11.8 Å². The van der Waals surface area contributed by atoms with E-state index < -0.39 is 0 Å². The van der Waals surface area contributed by atoms with Crippen LogP contribution in [0.25, 0.3) is 0 Å². The molecule has 0 spiro atoms. The van der Waals surface area contributed by atoms with Crippen molar-refractivity contribution < 1.29 is 10.2 Å². The summed E-state index contributed by atoms with van der Waals surface area (Å²) in [7, 11) is 0. The summed E-state index contributed by atoms with van der Waals surface area (Å²) in [6.45, 7) is 8.76. The Morgan fingerprint density at radius 2 is 1.00 bits per heavy atom. The van der Waals surface area contributed by atoms with Gasteiger partial charge in [0.2, 0.25) is 0 Å². The van der Waals surface area contributed by atoms with Crippen LogP contribution in [0.15, 0.2) is 0 Å². The Balaban J connectivity index is -0.000000256. The van der Waals surface area contributed by atoms with Gasteiger partial charge in [0, 0.05) is 0 Å². The molecule has 0 bridgehead atoms. The summed E-state index contributed by atoms with van der Waals surface area (Å²) >= 11 is 0. The SMILES string of the molecule is CCCCC(CC)C[O-].CCCCC(CC)C[O-].[SnH2+2]. The van der Waals surface area contributed by atoms with Gasteiger partial charge in [0.25, 0.3) is 0 Å². The van der Waals surface area contributed by atoms with Gasteiger partial charge in [0.15, 0.2) is 0 Å². The van der Waals surface area contributed by atoms with Crippen molar-refractivity contribution in [3.05, 3.63) is 0 Å². The molecule has 2 atom stereocenters. The van der Waals surface area contributed by atoms with Crippen molar-refractivity contribution in [2.24, 2.45) is 11.8 Å². The molecule has 0 aliphatic rings. The standard InChI is InChI=1S/2C8H17O.Sn.2H/c2*1-3-5-6-8(4-2)7-9;;;/h2*8H,3-7H2,1-2H3;;;/q2*-1;+2;;. The summed E-state index contributed by atoms with van der Waals surface area (Å²) in [6.07, 6.45) is 9.27. The van der Waals surface area contributed by atoms with Crippen LogP contribution in [0.5, 0.6) is 0 Å². The maximum absolute atomic E-state index is 10.4. The molecule has 19 heavy (non-hydrogen) atoms. The number of hydrogen-bond acceptors (Lipinski definition) is 2. The van der Waals surface area contributed by atoms with Crippen molar-refractivity contribution in [2.45, 2.75) is 79.1 Å². The summed E-state index contributed by atoms with van der Waals surface area (Å²) in [5.41, 5.74) is 0. The Morgan fingerprint density at radius 1 is 0.684 bits per heavy atom. The molecular formula is C16H36O2Sn. The molecule has 0 aromatic rings. The van der Waals surface area contributed by atoms with Gasteiger partial charge in [0.1, 0.15) is 0 Å². The summed E-state index contributed by atoms with van der Waals surface area (Å²) in [5, 5.41) is 20.7. The van der Waals surface area contributed by atoms with E-state index >= 15 is 0 Å². The van der Waals surface area contributed by atoms with Crippen molar-refractivity contribution in [1.82, 2.24) is 0 Å². The van der Waals surface area contributed by atoms with Crippen LogP contribution in [-0.2, 0) is 0 Å². The topological polar surface area (TPSA) is 46.1 Å². The fraction of sp³-hybridized carbons (Fsp3) is 1.00. The van der Waals surface area contributed by atoms with E-state index in [9.17, 15) is 10.2 Å². The average Bonchev–Trinajstić information content (AvgIpc) is 2.42. The van der Waals surface area contributed by atoms with Crippen LogP contribution in [0.3, 0.4) is 0 Å². The molecular weight excluding hydrogens is 343 g/mol. The van der Waals surface area contributed by atoms with Crippen molar-refractivity contribution in [2.75, 3.05) is 13.2 Å². The van der Waals surface area contributed by atoms with Gasteiger partial charge >= 0.3 is 23.9 Å². The Labute approximate surface area is 138 Å². The van der Waals surface area contributed by atoms with Gasteiger partial charge in [-0.3, -0.25) is 0 Å². The zero-order valence-corrected chi connectivity index (χ0v) is 17.8. The van der Waals surface area contributed by atoms with Crippen LogP contribution in [0.2, 0.25) is 0 Å². The van der Waals surface area contributed by atoms with Crippen molar-refractivity contribution >= 4 is 23.9 Å². The van der Waals surface area contributed by atoms with E-state index in [4.69, 9.17) is 0 Å². The van der Waals surface area contributed by atoms with E-state index in [0.717, 1.165) is 25.7 Å². The molecule has 2 unspecified atom stereocenters. The molecule has 116 valence electrons. The van der Waals surface area contributed by atoms with Crippen LogP contribution >= 0.6 is 0 Å². The second-order valence-electron chi connectivity index (χ2n) is 5.17. The first kappa shape index (κ1) is 24.7. The molecule has 3 heteroatoms. The monoisotopic (exact) mass is 380 g/mol. The van der Waals surface area contributed by atoms with Gasteiger partial charge < -0.3 is 10.2 Å². The second-order valence-corrected chi connectivity index (χ2v) is 5.17. The Hall–Kier alpha value is 0.719. The molecule has 0 amide bonds. The van der Waals surface area contributed by atoms with Crippen LogP contribution in [0.1, 0.15) is 79.1 Å². The molecule has 0 heterocycles. The Kier molecular flexibility index (Phi) is 27.4. The van der Waals surface area contributed by atoms with Gasteiger partial charge in [-0.1, -0.05) is 90.9 Å². The molecule has 0 saturated heterocycles. The average molecular weight is 379 g/mol. The predicted molar refractivity (Wildman–Crippen MR) is 84.9 cm³/mol. The molecule has 2 nitrogen and oxygen atoms in total. The molecule has 0 aliphatic heterocycles. The van der Waals surface area contributed by atoms with Crippen LogP contribution in [0, 0.1) is 11.8 Å². The van der Waals surface area contributed by atoms with Crippen LogP contribution < -0.4 is 10.2 Å². The zero-order chi connectivity index (χ0) is 14.2. The van der Waals surface area contributed by atoms with Gasteiger partial charge in [-0.05, 0) is 0 Å². The van der Waals surface area contributed by atoms with E-state index in [2.05, 4.69) is 27.7 Å². The molecule has 0 saturated carbocycles. The first-order valence-electron chi connectivity index (χ1n) is 7.86. The number of rotatable bonds is 10. The quantitative estimate of drug-likeness (QED) is 0.547. The Morgan fingerprint density at radius 3 is 1.16 bits per heavy atom. The summed E-state index contributed by atoms with van der Waals surface area (Å²) in [5.74, 6) is 0.898. The van der Waals surface area contributed by atoms with E-state index in [-0.39, 0.29) is 37.1 Å². The molecule has 0 N–H and O–H groups in total. The molecule has 0 aromatic carbocycles. The summed E-state index contributed by atoms with van der Waals surface area (Å²) < 4.78 is 0. The first-order valence-corrected chi connectivity index (χ1v) is 7.86. The zero-order valence-electron chi connectivity index (χ0n) is 13.7. The van der Waals surface area contributed by atoms with Crippen LogP contribution in [0.4, 0.5) is 0 Å². The third kappa shape index (κ3) is 18.7. The Bertz CT molecular complexity index is 119. The summed E-state index contributed by atoms with van der Waals surface area (Å²) in [4.78, 5) is 0. The third-order valence-corrected chi connectivity index (χ3v) is 3.56. The predicted octanol–water partition coefficient (Wildman–Crippen LogP) is 2.21. The van der Waals surface area contributed by atoms with Gasteiger partial charge in [-0.2, -0.15) is 0 Å². The molecule has 0 radical (unpaired) electrons. The normalized spacial score (nSPS) is 12.9. The third-order valence-electron chi connectivity index (χ3n) is 3.56. The first-order chi connectivity index (χ1) is 8.69. The van der Waals surface area contributed by atoms with E-state index in [1.54, 1.807) is 0 Å². The number of unbranched alkanes of at least 4 members (excludes halogenated alkanes) is 2. The van der Waals surface area contributed by atoms with Crippen molar-refractivity contribution in [3.63, 3.8) is 0 Å². The van der Waals surface area contributed by atoms with Gasteiger partial charge in [0.05, 0.1) is 0 Å². The number of hydrogen-bond donors (Lipinski definition) is 0. The molecule has 0 aliphatic carbocycles. The van der Waals surface area contributed by atoms with Gasteiger partial charge in [-0.25, -0.2) is 0 Å². The van der Waals surface area contributed by atoms with Gasteiger partial charge in [-0.15, -0.1) is 13.2 Å². The second kappa shape index (κ2) is 21.0. The maximum atomic E-state index is 10.4. The minimum atomic E-state index is 0. The fourth-order valence-corrected chi connectivity index (χ4v) is 1.80. The molecule has 0 rings (SSSR count). The fourth-order valence-electron chi connectivity index (χ4n) is 1.80. The van der Waals surface area contributed by atoms with Crippen LogP contribution in [-0.4, -0.2) is 37.1 Å². The van der Waals surface area contributed by atoms with E-state index in [1.165, 1.54) is 25.7 Å². The minimum absolute atomic E-state index is 0.